The van der Waals surface area contributed by atoms with Crippen LogP contribution in [-0.4, -0.2) is 19.8 Å². The number of methoxy groups -OCH3 is 2. The predicted molar refractivity (Wildman–Crippen MR) is 66.6 cm³/mol. The smallest absolute Gasteiger partial charge is 0.119 e. The molecule has 0 aromatic heterocycles. The molecule has 0 amide bonds. The Morgan fingerprint density at radius 3 is 2.59 bits per heavy atom. The molecule has 3 N–H and O–H groups in total. The first-order chi connectivity index (χ1) is 8.25. The lowest BCUT2D eigenvalue weighted by Crippen LogP contribution is -2.52. The molecule has 17 heavy (non-hydrogen) atoms. The van der Waals surface area contributed by atoms with Crippen molar-refractivity contribution < 1.29 is 9.47 Å². The number of benzene rings is 1. The Hall–Kier alpha value is -1.10. The van der Waals surface area contributed by atoms with Crippen LogP contribution < -0.4 is 16.0 Å². The maximum Gasteiger partial charge on any atom is 0.119 e. The molecule has 0 aliphatic heterocycles. The van der Waals surface area contributed by atoms with Crippen LogP contribution >= 0.6 is 0 Å². The summed E-state index contributed by atoms with van der Waals surface area (Å²) in [5.41, 5.74) is 3.82. The van der Waals surface area contributed by atoms with E-state index in [1.54, 1.807) is 14.2 Å². The van der Waals surface area contributed by atoms with Gasteiger partial charge < -0.3 is 9.47 Å². The van der Waals surface area contributed by atoms with Crippen molar-refractivity contribution in [3.05, 3.63) is 29.8 Å². The molecule has 1 aliphatic rings. The van der Waals surface area contributed by atoms with Crippen molar-refractivity contribution in [1.29, 1.82) is 0 Å². The first-order valence-electron chi connectivity index (χ1n) is 5.91. The van der Waals surface area contributed by atoms with Gasteiger partial charge >= 0.3 is 0 Å². The molecule has 1 unspecified atom stereocenters. The fraction of sp³-hybridized carbons (Fsp3) is 0.538. The van der Waals surface area contributed by atoms with Crippen molar-refractivity contribution in [3.8, 4) is 5.75 Å². The Kier molecular flexibility index (Phi) is 3.66. The average Bonchev–Trinajstić information content (AvgIpc) is 2.33. The lowest BCUT2D eigenvalue weighted by Gasteiger charge is -2.46. The highest BCUT2D eigenvalue weighted by molar-refractivity contribution is 5.32. The van der Waals surface area contributed by atoms with Crippen molar-refractivity contribution >= 4 is 0 Å². The van der Waals surface area contributed by atoms with Gasteiger partial charge in [-0.05, 0) is 37.0 Å². The van der Waals surface area contributed by atoms with Gasteiger partial charge in [-0.15, -0.1) is 0 Å². The summed E-state index contributed by atoms with van der Waals surface area (Å²) < 4.78 is 10.9. The minimum Gasteiger partial charge on any atom is -0.497 e. The standard InChI is InChI=1S/C13H20N2O2/c1-16-11-6-3-5-10(9-11)12(15-14)13(17-2)7-4-8-13/h3,5-6,9,12,15H,4,7-8,14H2,1-2H3. The van der Waals surface area contributed by atoms with Crippen molar-refractivity contribution in [2.75, 3.05) is 14.2 Å². The van der Waals surface area contributed by atoms with Crippen LogP contribution in [0.25, 0.3) is 0 Å². The van der Waals surface area contributed by atoms with Gasteiger partial charge in [0.2, 0.25) is 0 Å². The van der Waals surface area contributed by atoms with Crippen LogP contribution in [-0.2, 0) is 4.74 Å². The van der Waals surface area contributed by atoms with E-state index >= 15 is 0 Å². The van der Waals surface area contributed by atoms with Gasteiger partial charge in [0.15, 0.2) is 0 Å². The number of rotatable bonds is 5. The van der Waals surface area contributed by atoms with Crippen molar-refractivity contribution in [1.82, 2.24) is 5.43 Å². The van der Waals surface area contributed by atoms with E-state index in [4.69, 9.17) is 15.3 Å². The summed E-state index contributed by atoms with van der Waals surface area (Å²) in [6.45, 7) is 0. The quantitative estimate of drug-likeness (QED) is 0.604. The van der Waals surface area contributed by atoms with Gasteiger partial charge in [-0.25, -0.2) is 0 Å². The summed E-state index contributed by atoms with van der Waals surface area (Å²) in [7, 11) is 3.42. The Labute approximate surface area is 102 Å². The van der Waals surface area contributed by atoms with E-state index in [2.05, 4.69) is 5.43 Å². The van der Waals surface area contributed by atoms with E-state index < -0.39 is 0 Å². The van der Waals surface area contributed by atoms with Gasteiger partial charge in [0.1, 0.15) is 5.75 Å². The Morgan fingerprint density at radius 2 is 2.12 bits per heavy atom. The molecule has 1 atom stereocenters. The third kappa shape index (κ3) is 2.16. The molecule has 4 heteroatoms. The summed E-state index contributed by atoms with van der Waals surface area (Å²) >= 11 is 0. The number of nitrogens with two attached hydrogens (primary N) is 1. The molecule has 94 valence electrons. The topological polar surface area (TPSA) is 56.5 Å². The number of hydrogen-bond donors (Lipinski definition) is 2. The molecule has 1 fully saturated rings. The van der Waals surface area contributed by atoms with Gasteiger partial charge in [-0.2, -0.15) is 0 Å². The van der Waals surface area contributed by atoms with E-state index in [9.17, 15) is 0 Å². The third-order valence-corrected chi connectivity index (χ3v) is 3.73. The normalized spacial score (nSPS) is 19.5. The van der Waals surface area contributed by atoms with Gasteiger partial charge in [0, 0.05) is 7.11 Å². The minimum absolute atomic E-state index is 0.0105. The highest BCUT2D eigenvalue weighted by atomic mass is 16.5. The van der Waals surface area contributed by atoms with Gasteiger partial charge in [-0.1, -0.05) is 12.1 Å². The lowest BCUT2D eigenvalue weighted by molar-refractivity contribution is -0.0999. The zero-order valence-corrected chi connectivity index (χ0v) is 10.4. The first-order valence-corrected chi connectivity index (χ1v) is 5.91. The van der Waals surface area contributed by atoms with Crippen molar-refractivity contribution in [2.24, 2.45) is 5.84 Å². The summed E-state index contributed by atoms with van der Waals surface area (Å²) in [6, 6.07) is 7.96. The molecule has 0 spiro atoms. The molecule has 0 saturated heterocycles. The van der Waals surface area contributed by atoms with E-state index in [0.29, 0.717) is 0 Å². The maximum atomic E-state index is 5.70. The number of ether oxygens (including phenoxy) is 2. The van der Waals surface area contributed by atoms with Crippen LogP contribution in [0.4, 0.5) is 0 Å². The maximum absolute atomic E-state index is 5.70. The molecule has 0 radical (unpaired) electrons. The molecule has 2 rings (SSSR count). The van der Waals surface area contributed by atoms with Gasteiger partial charge in [0.05, 0.1) is 18.8 Å². The Bertz CT molecular complexity index is 372. The molecule has 0 heterocycles. The second-order valence-electron chi connectivity index (χ2n) is 4.50. The molecule has 1 aliphatic carbocycles. The van der Waals surface area contributed by atoms with E-state index in [-0.39, 0.29) is 11.6 Å². The predicted octanol–water partition coefficient (Wildman–Crippen LogP) is 1.77. The average molecular weight is 236 g/mol. The Balaban J connectivity index is 2.28. The second kappa shape index (κ2) is 5.04. The van der Waals surface area contributed by atoms with Crippen LogP contribution in [0, 0.1) is 0 Å². The van der Waals surface area contributed by atoms with Crippen LogP contribution in [0.5, 0.6) is 5.75 Å². The summed E-state index contributed by atoms with van der Waals surface area (Å²) in [5, 5.41) is 0. The fourth-order valence-corrected chi connectivity index (χ4v) is 2.51. The molecule has 1 saturated carbocycles. The number of nitrogens with one attached hydrogen (secondary N) is 1. The van der Waals surface area contributed by atoms with Crippen LogP contribution in [0.2, 0.25) is 0 Å². The van der Waals surface area contributed by atoms with Crippen LogP contribution in [0.1, 0.15) is 30.9 Å². The second-order valence-corrected chi connectivity index (χ2v) is 4.50. The summed E-state index contributed by atoms with van der Waals surface area (Å²) in [4.78, 5) is 0. The van der Waals surface area contributed by atoms with Crippen LogP contribution in [0.15, 0.2) is 24.3 Å². The molecule has 1 aromatic carbocycles. The molecule has 1 aromatic rings. The first kappa shape index (κ1) is 12.4. The van der Waals surface area contributed by atoms with Gasteiger partial charge in [0.25, 0.3) is 0 Å². The fourth-order valence-electron chi connectivity index (χ4n) is 2.51. The van der Waals surface area contributed by atoms with Crippen molar-refractivity contribution in [3.63, 3.8) is 0 Å². The van der Waals surface area contributed by atoms with E-state index in [1.165, 1.54) is 6.42 Å². The Morgan fingerprint density at radius 1 is 1.35 bits per heavy atom. The zero-order valence-electron chi connectivity index (χ0n) is 10.4. The van der Waals surface area contributed by atoms with Gasteiger partial charge in [-0.3, -0.25) is 11.3 Å². The minimum atomic E-state index is -0.166. The monoisotopic (exact) mass is 236 g/mol. The zero-order chi connectivity index (χ0) is 12.3. The highest BCUT2D eigenvalue weighted by Crippen LogP contribution is 2.44. The summed E-state index contributed by atoms with van der Waals surface area (Å²) in [5.74, 6) is 6.54. The summed E-state index contributed by atoms with van der Waals surface area (Å²) in [6.07, 6.45) is 3.27. The number of hydrazine groups is 1. The lowest BCUT2D eigenvalue weighted by atomic mass is 9.72. The highest BCUT2D eigenvalue weighted by Gasteiger charge is 2.44. The van der Waals surface area contributed by atoms with E-state index in [0.717, 1.165) is 24.2 Å². The number of hydrogen-bond acceptors (Lipinski definition) is 4. The third-order valence-electron chi connectivity index (χ3n) is 3.73. The molecule has 4 nitrogen and oxygen atoms in total. The van der Waals surface area contributed by atoms with E-state index in [1.807, 2.05) is 24.3 Å². The molecular formula is C13H20N2O2. The van der Waals surface area contributed by atoms with Crippen molar-refractivity contribution in [2.45, 2.75) is 30.9 Å². The molecule has 0 bridgehead atoms. The largest absolute Gasteiger partial charge is 0.497 e. The molecular weight excluding hydrogens is 216 g/mol. The van der Waals surface area contributed by atoms with Crippen LogP contribution in [0.3, 0.4) is 0 Å². The SMILES string of the molecule is COc1cccc(C(NN)C2(OC)CCC2)c1.